The molecular weight excluding hydrogens is 286 g/mol. The standard InChI is InChI=1S/C16H23NO3S/c18-14(8-7-13-6-5-11-21-13)17-12-16(15(19)20)9-3-1-2-4-10-16/h5-6,11H,1-4,7-10,12H2,(H,17,18)(H,19,20). The summed E-state index contributed by atoms with van der Waals surface area (Å²) in [6.45, 7) is 0.269. The van der Waals surface area contributed by atoms with Crippen LogP contribution in [-0.4, -0.2) is 23.5 Å². The van der Waals surface area contributed by atoms with Crippen LogP contribution in [0.25, 0.3) is 0 Å². The zero-order chi connectivity index (χ0) is 15.1. The van der Waals surface area contributed by atoms with E-state index < -0.39 is 11.4 Å². The van der Waals surface area contributed by atoms with Gasteiger partial charge in [-0.3, -0.25) is 9.59 Å². The van der Waals surface area contributed by atoms with Crippen LogP contribution in [0, 0.1) is 5.41 Å². The summed E-state index contributed by atoms with van der Waals surface area (Å²) in [5, 5.41) is 14.4. The maximum atomic E-state index is 11.9. The summed E-state index contributed by atoms with van der Waals surface area (Å²) in [7, 11) is 0. The van der Waals surface area contributed by atoms with Gasteiger partial charge in [-0.1, -0.05) is 31.7 Å². The Bertz CT molecular complexity index is 462. The van der Waals surface area contributed by atoms with Gasteiger partial charge < -0.3 is 10.4 Å². The van der Waals surface area contributed by atoms with Gasteiger partial charge in [-0.2, -0.15) is 0 Å². The van der Waals surface area contributed by atoms with Gasteiger partial charge in [0.25, 0.3) is 0 Å². The zero-order valence-corrected chi connectivity index (χ0v) is 13.1. The Hall–Kier alpha value is -1.36. The van der Waals surface area contributed by atoms with Crippen LogP contribution in [-0.2, 0) is 16.0 Å². The van der Waals surface area contributed by atoms with Crippen molar-refractivity contribution in [3.8, 4) is 0 Å². The molecule has 5 heteroatoms. The van der Waals surface area contributed by atoms with E-state index in [2.05, 4.69) is 5.32 Å². The lowest BCUT2D eigenvalue weighted by Gasteiger charge is -2.28. The van der Waals surface area contributed by atoms with Gasteiger partial charge in [-0.15, -0.1) is 11.3 Å². The van der Waals surface area contributed by atoms with E-state index in [0.717, 1.165) is 32.1 Å². The Morgan fingerprint density at radius 1 is 1.24 bits per heavy atom. The molecule has 2 N–H and O–H groups in total. The summed E-state index contributed by atoms with van der Waals surface area (Å²) in [6.07, 6.45) is 6.58. The molecule has 0 aromatic carbocycles. The summed E-state index contributed by atoms with van der Waals surface area (Å²) in [4.78, 5) is 24.8. The first kappa shape index (κ1) is 16.0. The second kappa shape index (κ2) is 7.59. The van der Waals surface area contributed by atoms with Crippen molar-refractivity contribution in [1.29, 1.82) is 0 Å². The molecule has 1 aliphatic rings. The molecule has 0 bridgehead atoms. The number of thiophene rings is 1. The summed E-state index contributed by atoms with van der Waals surface area (Å²) in [5.74, 6) is -0.809. The predicted octanol–water partition coefficient (Wildman–Crippen LogP) is 3.22. The molecule has 1 saturated carbocycles. The van der Waals surface area contributed by atoms with Crippen LogP contribution in [0.2, 0.25) is 0 Å². The fourth-order valence-electron chi connectivity index (χ4n) is 2.92. The Morgan fingerprint density at radius 3 is 2.52 bits per heavy atom. The van der Waals surface area contributed by atoms with E-state index in [0.29, 0.717) is 19.3 Å². The van der Waals surface area contributed by atoms with Crippen molar-refractivity contribution in [2.24, 2.45) is 5.41 Å². The number of carbonyl (C=O) groups excluding carboxylic acids is 1. The molecule has 0 atom stereocenters. The quantitative estimate of drug-likeness (QED) is 0.793. The summed E-state index contributed by atoms with van der Waals surface area (Å²) in [5.41, 5.74) is -0.755. The molecule has 1 aromatic heterocycles. The molecule has 1 fully saturated rings. The fourth-order valence-corrected chi connectivity index (χ4v) is 3.63. The topological polar surface area (TPSA) is 66.4 Å². The first-order chi connectivity index (χ1) is 10.1. The van der Waals surface area contributed by atoms with Gasteiger partial charge in [0.15, 0.2) is 0 Å². The van der Waals surface area contributed by atoms with Crippen LogP contribution < -0.4 is 5.32 Å². The van der Waals surface area contributed by atoms with Crippen LogP contribution in [0.3, 0.4) is 0 Å². The lowest BCUT2D eigenvalue weighted by molar-refractivity contribution is -0.149. The molecule has 1 heterocycles. The van der Waals surface area contributed by atoms with Gasteiger partial charge in [0.1, 0.15) is 0 Å². The van der Waals surface area contributed by atoms with E-state index >= 15 is 0 Å². The third-order valence-corrected chi connectivity index (χ3v) is 5.25. The molecule has 1 amide bonds. The molecule has 116 valence electrons. The minimum Gasteiger partial charge on any atom is -0.481 e. The molecule has 0 spiro atoms. The predicted molar refractivity (Wildman–Crippen MR) is 83.4 cm³/mol. The number of aryl methyl sites for hydroxylation is 1. The minimum absolute atomic E-state index is 0.0479. The van der Waals surface area contributed by atoms with Crippen LogP contribution in [0.5, 0.6) is 0 Å². The first-order valence-electron chi connectivity index (χ1n) is 7.65. The van der Waals surface area contributed by atoms with E-state index in [-0.39, 0.29) is 12.5 Å². The second-order valence-corrected chi connectivity index (χ2v) is 6.89. The third kappa shape index (κ3) is 4.56. The highest BCUT2D eigenvalue weighted by molar-refractivity contribution is 7.09. The average molecular weight is 309 g/mol. The Kier molecular flexibility index (Phi) is 5.79. The van der Waals surface area contributed by atoms with Gasteiger partial charge >= 0.3 is 5.97 Å². The number of carboxylic acid groups (broad SMARTS) is 1. The van der Waals surface area contributed by atoms with Crippen molar-refractivity contribution in [3.05, 3.63) is 22.4 Å². The zero-order valence-electron chi connectivity index (χ0n) is 12.3. The SMILES string of the molecule is O=C(CCc1cccs1)NCC1(C(=O)O)CCCCCC1. The molecule has 21 heavy (non-hydrogen) atoms. The van der Waals surface area contributed by atoms with E-state index in [9.17, 15) is 14.7 Å². The van der Waals surface area contributed by atoms with Crippen LogP contribution in [0.1, 0.15) is 49.8 Å². The monoisotopic (exact) mass is 309 g/mol. The molecular formula is C16H23NO3S. The smallest absolute Gasteiger partial charge is 0.311 e. The van der Waals surface area contributed by atoms with Crippen LogP contribution in [0.4, 0.5) is 0 Å². The lowest BCUT2D eigenvalue weighted by Crippen LogP contribution is -2.43. The Labute approximate surface area is 129 Å². The van der Waals surface area contributed by atoms with Crippen molar-refractivity contribution in [3.63, 3.8) is 0 Å². The number of carboxylic acids is 1. The summed E-state index contributed by atoms with van der Waals surface area (Å²) < 4.78 is 0. The van der Waals surface area contributed by atoms with Crippen molar-refractivity contribution in [1.82, 2.24) is 5.32 Å². The van der Waals surface area contributed by atoms with Crippen LogP contribution >= 0.6 is 11.3 Å². The molecule has 0 unspecified atom stereocenters. The normalized spacial score (nSPS) is 17.9. The van der Waals surface area contributed by atoms with Gasteiger partial charge in [-0.25, -0.2) is 0 Å². The average Bonchev–Trinajstić information content (AvgIpc) is 2.87. The Balaban J connectivity index is 1.83. The van der Waals surface area contributed by atoms with E-state index in [1.54, 1.807) is 11.3 Å². The number of aliphatic carboxylic acids is 1. The molecule has 0 radical (unpaired) electrons. The number of hydrogen-bond donors (Lipinski definition) is 2. The number of hydrogen-bond acceptors (Lipinski definition) is 3. The highest BCUT2D eigenvalue weighted by Gasteiger charge is 2.38. The van der Waals surface area contributed by atoms with Crippen molar-refractivity contribution < 1.29 is 14.7 Å². The minimum atomic E-state index is -0.761. The number of carbonyl (C=O) groups is 2. The lowest BCUT2D eigenvalue weighted by atomic mass is 9.80. The summed E-state index contributed by atoms with van der Waals surface area (Å²) >= 11 is 1.64. The molecule has 0 saturated heterocycles. The molecule has 4 nitrogen and oxygen atoms in total. The largest absolute Gasteiger partial charge is 0.481 e. The third-order valence-electron chi connectivity index (χ3n) is 4.32. The van der Waals surface area contributed by atoms with Crippen molar-refractivity contribution in [2.45, 2.75) is 51.4 Å². The molecule has 1 aliphatic carbocycles. The van der Waals surface area contributed by atoms with Gasteiger partial charge in [0.05, 0.1) is 5.41 Å². The maximum Gasteiger partial charge on any atom is 0.311 e. The molecule has 0 aliphatic heterocycles. The first-order valence-corrected chi connectivity index (χ1v) is 8.53. The highest BCUT2D eigenvalue weighted by atomic mass is 32.1. The second-order valence-electron chi connectivity index (χ2n) is 5.86. The van der Waals surface area contributed by atoms with Crippen LogP contribution in [0.15, 0.2) is 17.5 Å². The van der Waals surface area contributed by atoms with Gasteiger partial charge in [0.2, 0.25) is 5.91 Å². The molecule has 2 rings (SSSR count). The maximum absolute atomic E-state index is 11.9. The molecule has 1 aromatic rings. The van der Waals surface area contributed by atoms with Gasteiger partial charge in [0, 0.05) is 17.8 Å². The number of rotatable bonds is 6. The van der Waals surface area contributed by atoms with Crippen molar-refractivity contribution >= 4 is 23.2 Å². The van der Waals surface area contributed by atoms with E-state index in [4.69, 9.17) is 0 Å². The Morgan fingerprint density at radius 2 is 1.95 bits per heavy atom. The van der Waals surface area contributed by atoms with Crippen molar-refractivity contribution in [2.75, 3.05) is 6.54 Å². The highest BCUT2D eigenvalue weighted by Crippen LogP contribution is 2.34. The van der Waals surface area contributed by atoms with Gasteiger partial charge in [-0.05, 0) is 30.7 Å². The number of nitrogens with one attached hydrogen (secondary N) is 1. The summed E-state index contributed by atoms with van der Waals surface area (Å²) in [6, 6.07) is 3.99. The number of amides is 1. The van der Waals surface area contributed by atoms with E-state index in [1.165, 1.54) is 4.88 Å². The fraction of sp³-hybridized carbons (Fsp3) is 0.625. The van der Waals surface area contributed by atoms with E-state index in [1.807, 2.05) is 17.5 Å².